The first-order valence-electron chi connectivity index (χ1n) is 6.12. The summed E-state index contributed by atoms with van der Waals surface area (Å²) in [6, 6.07) is 11.7. The molecule has 0 amide bonds. The Hall–Kier alpha value is -2.82. The molecule has 0 atom stereocenters. The van der Waals surface area contributed by atoms with Crippen molar-refractivity contribution in [2.24, 2.45) is 0 Å². The van der Waals surface area contributed by atoms with E-state index in [-0.39, 0.29) is 16.7 Å². The number of para-hydroxylation sites is 2. The number of hydrogen-bond acceptors (Lipinski definition) is 3. The van der Waals surface area contributed by atoms with Gasteiger partial charge < -0.3 is 10.1 Å². The summed E-state index contributed by atoms with van der Waals surface area (Å²) in [6.07, 6.45) is 0. The van der Waals surface area contributed by atoms with Crippen LogP contribution in [0, 0.1) is 6.92 Å². The first-order valence-corrected chi connectivity index (χ1v) is 6.12. The van der Waals surface area contributed by atoms with Gasteiger partial charge in [-0.05, 0) is 30.7 Å². The van der Waals surface area contributed by atoms with E-state index in [2.05, 4.69) is 4.98 Å². The van der Waals surface area contributed by atoms with Crippen molar-refractivity contribution < 1.29 is 5.11 Å². The molecule has 20 heavy (non-hydrogen) atoms. The van der Waals surface area contributed by atoms with Crippen molar-refractivity contribution in [3.63, 3.8) is 0 Å². The molecular formula is C15H12N2O3. The third kappa shape index (κ3) is 1.72. The minimum absolute atomic E-state index is 0.117. The molecule has 0 aliphatic heterocycles. The first-order chi connectivity index (χ1) is 9.59. The quantitative estimate of drug-likeness (QED) is 0.705. The summed E-state index contributed by atoms with van der Waals surface area (Å²) >= 11 is 0. The molecule has 2 N–H and O–H groups in total. The van der Waals surface area contributed by atoms with E-state index in [1.165, 1.54) is 6.07 Å². The van der Waals surface area contributed by atoms with E-state index in [0.717, 1.165) is 10.1 Å². The Labute approximate surface area is 113 Å². The molecule has 0 fully saturated rings. The van der Waals surface area contributed by atoms with Gasteiger partial charge in [-0.1, -0.05) is 24.3 Å². The van der Waals surface area contributed by atoms with E-state index in [4.69, 9.17) is 0 Å². The lowest BCUT2D eigenvalue weighted by atomic mass is 10.2. The average Bonchev–Trinajstić information content (AvgIpc) is 2.42. The van der Waals surface area contributed by atoms with Crippen molar-refractivity contribution >= 4 is 10.9 Å². The van der Waals surface area contributed by atoms with Crippen LogP contribution < -0.4 is 11.2 Å². The van der Waals surface area contributed by atoms with Crippen molar-refractivity contribution in [2.45, 2.75) is 6.92 Å². The molecule has 0 saturated carbocycles. The van der Waals surface area contributed by atoms with Gasteiger partial charge in [0.2, 0.25) is 0 Å². The second kappa shape index (κ2) is 4.38. The predicted molar refractivity (Wildman–Crippen MR) is 76.6 cm³/mol. The van der Waals surface area contributed by atoms with E-state index in [1.807, 2.05) is 19.1 Å². The lowest BCUT2D eigenvalue weighted by Gasteiger charge is -2.09. The van der Waals surface area contributed by atoms with Crippen LogP contribution in [-0.4, -0.2) is 14.7 Å². The molecule has 3 aromatic rings. The van der Waals surface area contributed by atoms with E-state index in [0.29, 0.717) is 5.69 Å². The summed E-state index contributed by atoms with van der Waals surface area (Å²) in [6.45, 7) is 1.83. The van der Waals surface area contributed by atoms with Crippen LogP contribution in [-0.2, 0) is 0 Å². The lowest BCUT2D eigenvalue weighted by molar-refractivity contribution is 0.480. The largest absolute Gasteiger partial charge is 0.506 e. The Morgan fingerprint density at radius 1 is 1.05 bits per heavy atom. The second-order valence-electron chi connectivity index (χ2n) is 4.56. The normalized spacial score (nSPS) is 10.8. The maximum Gasteiger partial charge on any atom is 0.333 e. The number of nitrogens with one attached hydrogen (secondary N) is 1. The Kier molecular flexibility index (Phi) is 2.68. The van der Waals surface area contributed by atoms with Gasteiger partial charge in [0.1, 0.15) is 5.75 Å². The van der Waals surface area contributed by atoms with Crippen LogP contribution in [0.1, 0.15) is 5.56 Å². The number of aryl methyl sites for hydroxylation is 1. The summed E-state index contributed by atoms with van der Waals surface area (Å²) in [7, 11) is 0. The van der Waals surface area contributed by atoms with Gasteiger partial charge in [-0.3, -0.25) is 4.79 Å². The van der Waals surface area contributed by atoms with Gasteiger partial charge in [-0.25, -0.2) is 9.36 Å². The SMILES string of the molecule is Cc1ccccc1-n1c(=O)[nH]c2c(O)cccc2c1=O. The number of H-pyrrole nitrogens is 1. The number of nitrogens with zero attached hydrogens (tertiary/aromatic N) is 1. The number of rotatable bonds is 1. The molecule has 0 bridgehead atoms. The summed E-state index contributed by atoms with van der Waals surface area (Å²) < 4.78 is 1.08. The zero-order valence-electron chi connectivity index (χ0n) is 10.8. The van der Waals surface area contributed by atoms with Crippen LogP contribution >= 0.6 is 0 Å². The highest BCUT2D eigenvalue weighted by molar-refractivity contribution is 5.83. The number of phenols is 1. The molecule has 2 aromatic carbocycles. The molecule has 0 saturated heterocycles. The van der Waals surface area contributed by atoms with Crippen LogP contribution in [0.5, 0.6) is 5.75 Å². The van der Waals surface area contributed by atoms with Gasteiger partial charge in [0.15, 0.2) is 0 Å². The summed E-state index contributed by atoms with van der Waals surface area (Å²) in [5, 5.41) is 9.99. The molecule has 0 aliphatic carbocycles. The minimum atomic E-state index is -0.571. The van der Waals surface area contributed by atoms with Gasteiger partial charge in [-0.2, -0.15) is 0 Å². The first kappa shape index (κ1) is 12.2. The fourth-order valence-corrected chi connectivity index (χ4v) is 2.26. The zero-order chi connectivity index (χ0) is 14.3. The van der Waals surface area contributed by atoms with E-state index in [1.54, 1.807) is 24.3 Å². The number of aromatic hydroxyl groups is 1. The van der Waals surface area contributed by atoms with E-state index < -0.39 is 11.2 Å². The molecule has 0 aliphatic rings. The smallest absolute Gasteiger partial charge is 0.333 e. The van der Waals surface area contributed by atoms with Crippen molar-refractivity contribution in [3.8, 4) is 11.4 Å². The Balaban J connectivity index is 2.48. The summed E-state index contributed by atoms with van der Waals surface area (Å²) in [5.74, 6) is -0.117. The number of hydrogen-bond donors (Lipinski definition) is 2. The third-order valence-corrected chi connectivity index (χ3v) is 3.27. The molecule has 1 aromatic heterocycles. The van der Waals surface area contributed by atoms with Crippen LogP contribution in [0.15, 0.2) is 52.1 Å². The Morgan fingerprint density at radius 3 is 2.55 bits per heavy atom. The van der Waals surface area contributed by atoms with Gasteiger partial charge in [0.25, 0.3) is 5.56 Å². The van der Waals surface area contributed by atoms with Crippen molar-refractivity contribution in [1.29, 1.82) is 0 Å². The van der Waals surface area contributed by atoms with Gasteiger partial charge in [0.05, 0.1) is 16.6 Å². The van der Waals surface area contributed by atoms with Crippen molar-refractivity contribution in [1.82, 2.24) is 9.55 Å². The standard InChI is InChI=1S/C15H12N2O3/c1-9-5-2-3-7-11(9)17-14(19)10-6-4-8-12(18)13(10)16-15(17)20/h2-8,18H,1H3,(H,16,20). The maximum absolute atomic E-state index is 12.5. The minimum Gasteiger partial charge on any atom is -0.506 e. The second-order valence-corrected chi connectivity index (χ2v) is 4.56. The Bertz CT molecular complexity index is 922. The zero-order valence-corrected chi connectivity index (χ0v) is 10.8. The fraction of sp³-hybridized carbons (Fsp3) is 0.0667. The molecule has 0 radical (unpaired) electrons. The van der Waals surface area contributed by atoms with Crippen LogP contribution in [0.4, 0.5) is 0 Å². The number of aromatic nitrogens is 2. The highest BCUT2D eigenvalue weighted by Gasteiger charge is 2.12. The van der Waals surface area contributed by atoms with Crippen LogP contribution in [0.25, 0.3) is 16.6 Å². The maximum atomic E-state index is 12.5. The van der Waals surface area contributed by atoms with E-state index >= 15 is 0 Å². The topological polar surface area (TPSA) is 75.1 Å². The monoisotopic (exact) mass is 268 g/mol. The molecule has 5 heteroatoms. The molecule has 1 heterocycles. The third-order valence-electron chi connectivity index (χ3n) is 3.27. The highest BCUT2D eigenvalue weighted by Crippen LogP contribution is 2.18. The van der Waals surface area contributed by atoms with Crippen molar-refractivity contribution in [3.05, 3.63) is 68.9 Å². The summed E-state index contributed by atoms with van der Waals surface area (Å²) in [4.78, 5) is 27.2. The summed E-state index contributed by atoms with van der Waals surface area (Å²) in [5.41, 5.74) is 0.489. The van der Waals surface area contributed by atoms with Crippen LogP contribution in [0.3, 0.4) is 0 Å². The fourth-order valence-electron chi connectivity index (χ4n) is 2.26. The number of fused-ring (bicyclic) bond motifs is 1. The Morgan fingerprint density at radius 2 is 1.80 bits per heavy atom. The number of phenolic OH excluding ortho intramolecular Hbond substituents is 1. The number of benzene rings is 2. The van der Waals surface area contributed by atoms with Crippen molar-refractivity contribution in [2.75, 3.05) is 0 Å². The van der Waals surface area contributed by atoms with Gasteiger partial charge >= 0.3 is 5.69 Å². The molecule has 3 rings (SSSR count). The predicted octanol–water partition coefficient (Wildman–Crippen LogP) is 1.69. The highest BCUT2D eigenvalue weighted by atomic mass is 16.3. The number of aromatic amines is 1. The molecular weight excluding hydrogens is 256 g/mol. The van der Waals surface area contributed by atoms with Gasteiger partial charge in [-0.15, -0.1) is 0 Å². The lowest BCUT2D eigenvalue weighted by Crippen LogP contribution is -2.34. The van der Waals surface area contributed by atoms with Gasteiger partial charge in [0, 0.05) is 0 Å². The average molecular weight is 268 g/mol. The van der Waals surface area contributed by atoms with E-state index in [9.17, 15) is 14.7 Å². The molecule has 0 spiro atoms. The van der Waals surface area contributed by atoms with Crippen LogP contribution in [0.2, 0.25) is 0 Å². The molecule has 5 nitrogen and oxygen atoms in total. The molecule has 0 unspecified atom stereocenters. The molecule has 100 valence electrons.